The first-order valence-corrected chi connectivity index (χ1v) is 11.4. The smallest absolute Gasteiger partial charge is 0.242 e. The number of hydrogen-bond donors (Lipinski definition) is 2. The topological polar surface area (TPSA) is 95.1 Å². The largest absolute Gasteiger partial charge is 0.493 e. The molecule has 1 aromatic carbocycles. The molecule has 3 N–H and O–H groups in total. The lowest BCUT2D eigenvalue weighted by Crippen LogP contribution is -2.19. The number of benzene rings is 1. The maximum atomic E-state index is 10.7. The Labute approximate surface area is 185 Å². The molecule has 1 saturated carbocycles. The Morgan fingerprint density at radius 1 is 1.39 bits per heavy atom. The average molecular weight is 426 g/mol. The molecule has 7 nitrogen and oxygen atoms in total. The van der Waals surface area contributed by atoms with Crippen LogP contribution in [0.4, 0.5) is 0 Å². The van der Waals surface area contributed by atoms with Crippen LogP contribution >= 0.6 is 0 Å². The Morgan fingerprint density at radius 2 is 2.26 bits per heavy atom. The number of primary amides is 1. The fraction of sp³-hybridized carbons (Fsp3) is 0.542. The normalized spacial score (nSPS) is 15.0. The van der Waals surface area contributed by atoms with Gasteiger partial charge in [-0.1, -0.05) is 30.7 Å². The number of unbranched alkanes of at least 4 members (excludes halogenated alkanes) is 1. The van der Waals surface area contributed by atoms with Gasteiger partial charge in [0.2, 0.25) is 5.91 Å². The maximum Gasteiger partial charge on any atom is 0.242 e. The van der Waals surface area contributed by atoms with Crippen LogP contribution in [0.5, 0.6) is 5.75 Å². The number of carbonyl (C=O) groups is 1. The lowest BCUT2D eigenvalue weighted by atomic mass is 9.86. The van der Waals surface area contributed by atoms with Crippen molar-refractivity contribution in [2.24, 2.45) is 11.7 Å². The molecule has 1 aromatic heterocycles. The Hall–Kier alpha value is -2.83. The van der Waals surface area contributed by atoms with Gasteiger partial charge in [0.05, 0.1) is 18.5 Å². The molecule has 1 aliphatic carbocycles. The third kappa shape index (κ3) is 7.42. The number of rotatable bonds is 14. The molecular weight excluding hydrogens is 390 g/mol. The number of nitrogens with zero attached hydrogens (tertiary/aromatic N) is 3. The number of hydrogen-bond acceptors (Lipinski definition) is 5. The second-order valence-corrected chi connectivity index (χ2v) is 8.34. The van der Waals surface area contributed by atoms with Crippen molar-refractivity contribution < 1.29 is 9.53 Å². The highest BCUT2D eigenvalue weighted by molar-refractivity contribution is 5.85. The molecule has 1 aliphatic rings. The van der Waals surface area contributed by atoms with Crippen LogP contribution in [0.3, 0.4) is 0 Å². The van der Waals surface area contributed by atoms with Gasteiger partial charge in [-0.25, -0.2) is 4.68 Å². The fourth-order valence-corrected chi connectivity index (χ4v) is 3.79. The highest BCUT2D eigenvalue weighted by Crippen LogP contribution is 2.29. The average Bonchev–Trinajstić information content (AvgIpc) is 3.17. The predicted octanol–water partition coefficient (Wildman–Crippen LogP) is 3.56. The lowest BCUT2D eigenvalue weighted by Gasteiger charge is -2.25. The number of nitrogens with one attached hydrogen (secondary N) is 1. The van der Waals surface area contributed by atoms with Crippen molar-refractivity contribution in [3.63, 3.8) is 0 Å². The summed E-state index contributed by atoms with van der Waals surface area (Å²) in [5.41, 5.74) is 7.51. The van der Waals surface area contributed by atoms with Gasteiger partial charge in [-0.15, -0.1) is 5.10 Å². The first-order chi connectivity index (χ1) is 15.2. The van der Waals surface area contributed by atoms with E-state index in [1.165, 1.54) is 30.9 Å². The summed E-state index contributed by atoms with van der Waals surface area (Å²) in [5, 5.41) is 11.6. The van der Waals surface area contributed by atoms with Crippen molar-refractivity contribution in [3.05, 3.63) is 54.0 Å². The lowest BCUT2D eigenvalue weighted by molar-refractivity contribution is -0.113. The molecule has 2 aromatic rings. The first-order valence-electron chi connectivity index (χ1n) is 11.4. The zero-order valence-electron chi connectivity index (χ0n) is 18.5. The summed E-state index contributed by atoms with van der Waals surface area (Å²) in [6, 6.07) is 8.53. The van der Waals surface area contributed by atoms with Crippen LogP contribution in [0.25, 0.3) is 0 Å². The standard InChI is InChI=1S/C24H35N5O2/c1-2-20(21-9-6-11-23(15-21)31-18-19-7-5-8-19)17-29-22(16-27-28-29)10-3-4-13-26-14-12-24(25)30/h6,9,11-12,14-16,19-20,26H,2-5,7-8,10,13,17-18H2,1H3,(H2,25,30)/b14-12-/t20-/m0/s1. The van der Waals surface area contributed by atoms with Gasteiger partial charge in [0.1, 0.15) is 5.75 Å². The Balaban J connectivity index is 1.49. The molecule has 31 heavy (non-hydrogen) atoms. The third-order valence-corrected chi connectivity index (χ3v) is 5.99. The van der Waals surface area contributed by atoms with E-state index in [-0.39, 0.29) is 0 Å². The molecule has 0 saturated heterocycles. The van der Waals surface area contributed by atoms with E-state index in [1.54, 1.807) is 6.20 Å². The second-order valence-electron chi connectivity index (χ2n) is 8.34. The van der Waals surface area contributed by atoms with Crippen molar-refractivity contribution in [1.29, 1.82) is 0 Å². The summed E-state index contributed by atoms with van der Waals surface area (Å²) in [5.74, 6) is 1.63. The number of aromatic nitrogens is 3. The highest BCUT2D eigenvalue weighted by atomic mass is 16.5. The molecule has 0 unspecified atom stereocenters. The van der Waals surface area contributed by atoms with Crippen LogP contribution in [0.1, 0.15) is 62.6 Å². The third-order valence-electron chi connectivity index (χ3n) is 5.99. The summed E-state index contributed by atoms with van der Waals surface area (Å²) >= 11 is 0. The number of nitrogens with two attached hydrogens (primary N) is 1. The van der Waals surface area contributed by atoms with E-state index in [4.69, 9.17) is 10.5 Å². The zero-order valence-corrected chi connectivity index (χ0v) is 18.5. The quantitative estimate of drug-likeness (QED) is 0.356. The molecule has 0 spiro atoms. The minimum atomic E-state index is -0.441. The van der Waals surface area contributed by atoms with Crippen molar-refractivity contribution in [3.8, 4) is 5.75 Å². The van der Waals surface area contributed by atoms with E-state index >= 15 is 0 Å². The highest BCUT2D eigenvalue weighted by Gasteiger charge is 2.18. The molecule has 3 rings (SSSR count). The molecule has 7 heteroatoms. The molecule has 1 amide bonds. The van der Waals surface area contributed by atoms with Gasteiger partial charge < -0.3 is 15.8 Å². The van der Waals surface area contributed by atoms with Gasteiger partial charge in [-0.3, -0.25) is 4.79 Å². The van der Waals surface area contributed by atoms with Crippen molar-refractivity contribution >= 4 is 5.91 Å². The van der Waals surface area contributed by atoms with Crippen LogP contribution in [-0.4, -0.2) is 34.1 Å². The van der Waals surface area contributed by atoms with Crippen molar-refractivity contribution in [1.82, 2.24) is 20.3 Å². The number of carbonyl (C=O) groups excluding carboxylic acids is 1. The van der Waals surface area contributed by atoms with Crippen LogP contribution in [0, 0.1) is 5.92 Å². The van der Waals surface area contributed by atoms with E-state index in [2.05, 4.69) is 46.8 Å². The molecule has 168 valence electrons. The number of amides is 1. The van der Waals surface area contributed by atoms with Crippen molar-refractivity contribution in [2.45, 2.75) is 64.3 Å². The Kier molecular flexibility index (Phi) is 8.94. The number of aryl methyl sites for hydroxylation is 1. The molecule has 1 fully saturated rings. The maximum absolute atomic E-state index is 10.7. The van der Waals surface area contributed by atoms with E-state index < -0.39 is 5.91 Å². The van der Waals surface area contributed by atoms with E-state index in [1.807, 2.05) is 10.9 Å². The van der Waals surface area contributed by atoms with E-state index in [9.17, 15) is 4.79 Å². The van der Waals surface area contributed by atoms with Crippen LogP contribution < -0.4 is 15.8 Å². The minimum absolute atomic E-state index is 0.369. The monoisotopic (exact) mass is 425 g/mol. The van der Waals surface area contributed by atoms with Gasteiger partial charge in [0.25, 0.3) is 0 Å². The van der Waals surface area contributed by atoms with Gasteiger partial charge in [0, 0.05) is 31.3 Å². The Bertz CT molecular complexity index is 844. The molecular formula is C24H35N5O2. The summed E-state index contributed by atoms with van der Waals surface area (Å²) in [6.45, 7) is 4.67. The summed E-state index contributed by atoms with van der Waals surface area (Å²) in [7, 11) is 0. The van der Waals surface area contributed by atoms with Gasteiger partial charge in [-0.05, 0) is 62.1 Å². The van der Waals surface area contributed by atoms with E-state index in [0.29, 0.717) is 5.92 Å². The predicted molar refractivity (Wildman–Crippen MR) is 122 cm³/mol. The summed E-state index contributed by atoms with van der Waals surface area (Å²) < 4.78 is 8.08. The second kappa shape index (κ2) is 12.1. The minimum Gasteiger partial charge on any atom is -0.493 e. The van der Waals surface area contributed by atoms with Gasteiger partial charge in [0.15, 0.2) is 0 Å². The fourth-order valence-electron chi connectivity index (χ4n) is 3.79. The molecule has 0 bridgehead atoms. The molecule has 1 atom stereocenters. The van der Waals surface area contributed by atoms with Gasteiger partial charge >= 0.3 is 0 Å². The SMILES string of the molecule is CC[C@@H](Cn1nncc1CCCCN/C=C\C(N)=O)c1cccc(OCC2CCC2)c1. The molecule has 0 radical (unpaired) electrons. The van der Waals surface area contributed by atoms with Crippen LogP contribution in [0.15, 0.2) is 42.7 Å². The Morgan fingerprint density at radius 3 is 3.00 bits per heavy atom. The van der Waals surface area contributed by atoms with Crippen LogP contribution in [-0.2, 0) is 17.8 Å². The molecule has 1 heterocycles. The van der Waals surface area contributed by atoms with Gasteiger partial charge in [-0.2, -0.15) is 0 Å². The zero-order chi connectivity index (χ0) is 21.9. The molecule has 0 aliphatic heterocycles. The van der Waals surface area contributed by atoms with Crippen LogP contribution in [0.2, 0.25) is 0 Å². The first kappa shape index (κ1) is 22.8. The number of ether oxygens (including phenoxy) is 1. The summed E-state index contributed by atoms with van der Waals surface area (Å²) in [4.78, 5) is 10.7. The summed E-state index contributed by atoms with van der Waals surface area (Å²) in [6.07, 6.45) is 12.7. The van der Waals surface area contributed by atoms with E-state index in [0.717, 1.165) is 62.7 Å². The van der Waals surface area contributed by atoms with Crippen molar-refractivity contribution in [2.75, 3.05) is 13.2 Å².